The molecule has 4 rings (SSSR count). The fourth-order valence-electron chi connectivity index (χ4n) is 3.64. The number of nitrogens with zero attached hydrogens (tertiary/aromatic N) is 2. The number of ether oxygens (including phenoxy) is 2. The maximum absolute atomic E-state index is 13.9. The minimum Gasteiger partial charge on any atom is -0.447 e. The number of halogens is 1. The molecule has 0 saturated carbocycles. The van der Waals surface area contributed by atoms with Crippen LogP contribution in [0.15, 0.2) is 48.5 Å². The SMILES string of the molecule is O=C1OCCN1c1cccc(C(=O)N(c2cccc(F)c2)C2CCOCC2)c1. The molecule has 2 fully saturated rings. The number of amides is 2. The predicted octanol–water partition coefficient (Wildman–Crippen LogP) is 3.61. The van der Waals surface area contributed by atoms with Gasteiger partial charge in [-0.15, -0.1) is 0 Å². The highest BCUT2D eigenvalue weighted by atomic mass is 19.1. The molecule has 0 unspecified atom stereocenters. The zero-order valence-corrected chi connectivity index (χ0v) is 15.3. The van der Waals surface area contributed by atoms with Crippen molar-refractivity contribution in [1.29, 1.82) is 0 Å². The van der Waals surface area contributed by atoms with Crippen molar-refractivity contribution in [3.8, 4) is 0 Å². The number of hydrogen-bond acceptors (Lipinski definition) is 4. The second-order valence-electron chi connectivity index (χ2n) is 6.81. The van der Waals surface area contributed by atoms with E-state index >= 15 is 0 Å². The molecule has 2 aromatic carbocycles. The van der Waals surface area contributed by atoms with E-state index in [4.69, 9.17) is 9.47 Å². The van der Waals surface area contributed by atoms with Crippen molar-refractivity contribution in [2.24, 2.45) is 0 Å². The molecule has 2 aromatic rings. The first kappa shape index (κ1) is 18.4. The second kappa shape index (κ2) is 7.98. The van der Waals surface area contributed by atoms with Crippen LogP contribution in [0.4, 0.5) is 20.6 Å². The highest BCUT2D eigenvalue weighted by molar-refractivity contribution is 6.07. The maximum Gasteiger partial charge on any atom is 0.414 e. The van der Waals surface area contributed by atoms with Crippen LogP contribution in [0.5, 0.6) is 0 Å². The van der Waals surface area contributed by atoms with E-state index in [1.54, 1.807) is 41.3 Å². The van der Waals surface area contributed by atoms with Gasteiger partial charge in [-0.25, -0.2) is 9.18 Å². The first-order valence-corrected chi connectivity index (χ1v) is 9.35. The fourth-order valence-corrected chi connectivity index (χ4v) is 3.64. The van der Waals surface area contributed by atoms with E-state index in [2.05, 4.69) is 0 Å². The van der Waals surface area contributed by atoms with Crippen LogP contribution in [0.1, 0.15) is 23.2 Å². The minimum atomic E-state index is -0.420. The highest BCUT2D eigenvalue weighted by Crippen LogP contribution is 2.27. The molecule has 2 amide bonds. The van der Waals surface area contributed by atoms with Gasteiger partial charge < -0.3 is 14.4 Å². The van der Waals surface area contributed by atoms with Gasteiger partial charge in [0, 0.05) is 36.2 Å². The summed E-state index contributed by atoms with van der Waals surface area (Å²) >= 11 is 0. The number of carbonyl (C=O) groups excluding carboxylic acids is 2. The van der Waals surface area contributed by atoms with E-state index in [1.807, 2.05) is 0 Å². The summed E-state index contributed by atoms with van der Waals surface area (Å²) in [5, 5.41) is 0. The molecule has 2 aliphatic heterocycles. The molecular weight excluding hydrogens is 363 g/mol. The van der Waals surface area contributed by atoms with Crippen molar-refractivity contribution in [2.45, 2.75) is 18.9 Å². The summed E-state index contributed by atoms with van der Waals surface area (Å²) in [5.74, 6) is -0.622. The fraction of sp³-hybridized carbons (Fsp3) is 0.333. The highest BCUT2D eigenvalue weighted by Gasteiger charge is 2.30. The molecule has 6 nitrogen and oxygen atoms in total. The van der Waals surface area contributed by atoms with Crippen LogP contribution in [0.3, 0.4) is 0 Å². The van der Waals surface area contributed by atoms with Crippen LogP contribution in [-0.4, -0.2) is 44.4 Å². The Kier molecular flexibility index (Phi) is 5.25. The molecule has 0 radical (unpaired) electrons. The van der Waals surface area contributed by atoms with E-state index < -0.39 is 11.9 Å². The van der Waals surface area contributed by atoms with E-state index in [9.17, 15) is 14.0 Å². The number of carbonyl (C=O) groups is 2. The largest absolute Gasteiger partial charge is 0.447 e. The molecule has 0 N–H and O–H groups in total. The number of cyclic esters (lactones) is 1. The van der Waals surface area contributed by atoms with Gasteiger partial charge in [0.2, 0.25) is 0 Å². The lowest BCUT2D eigenvalue weighted by atomic mass is 10.0. The Hall–Kier alpha value is -2.93. The molecule has 7 heteroatoms. The number of anilines is 2. The third-order valence-corrected chi connectivity index (χ3v) is 5.03. The zero-order valence-electron chi connectivity index (χ0n) is 15.3. The lowest BCUT2D eigenvalue weighted by molar-refractivity contribution is 0.0772. The van der Waals surface area contributed by atoms with Gasteiger partial charge in [0.15, 0.2) is 0 Å². The average molecular weight is 384 g/mol. The summed E-state index contributed by atoms with van der Waals surface area (Å²) in [6.07, 6.45) is 0.942. The molecule has 2 heterocycles. The summed E-state index contributed by atoms with van der Waals surface area (Å²) in [6.45, 7) is 1.89. The number of rotatable bonds is 4. The average Bonchev–Trinajstić information content (AvgIpc) is 3.15. The third-order valence-electron chi connectivity index (χ3n) is 5.03. The van der Waals surface area contributed by atoms with Crippen LogP contribution in [0, 0.1) is 5.82 Å². The number of benzene rings is 2. The van der Waals surface area contributed by atoms with Crippen molar-refractivity contribution in [1.82, 2.24) is 0 Å². The van der Waals surface area contributed by atoms with Crippen LogP contribution >= 0.6 is 0 Å². The molecule has 2 saturated heterocycles. The van der Waals surface area contributed by atoms with Gasteiger partial charge in [-0.2, -0.15) is 0 Å². The van der Waals surface area contributed by atoms with E-state index in [1.165, 1.54) is 17.0 Å². The summed E-state index contributed by atoms with van der Waals surface area (Å²) in [6, 6.07) is 12.9. The molecular formula is C21H21FN2O4. The van der Waals surface area contributed by atoms with Gasteiger partial charge in [0.25, 0.3) is 5.91 Å². The Morgan fingerprint density at radius 1 is 1.07 bits per heavy atom. The van der Waals surface area contributed by atoms with E-state index in [0.29, 0.717) is 56.1 Å². The van der Waals surface area contributed by atoms with Crippen molar-refractivity contribution < 1.29 is 23.5 Å². The Balaban J connectivity index is 1.68. The summed E-state index contributed by atoms with van der Waals surface area (Å²) in [7, 11) is 0. The van der Waals surface area contributed by atoms with E-state index in [-0.39, 0.29) is 11.9 Å². The van der Waals surface area contributed by atoms with Crippen LogP contribution in [0.25, 0.3) is 0 Å². The third kappa shape index (κ3) is 3.71. The molecule has 2 aliphatic rings. The van der Waals surface area contributed by atoms with Crippen molar-refractivity contribution in [3.63, 3.8) is 0 Å². The summed E-state index contributed by atoms with van der Waals surface area (Å²) < 4.78 is 24.3. The molecule has 0 atom stereocenters. The van der Waals surface area contributed by atoms with Gasteiger partial charge in [-0.3, -0.25) is 9.69 Å². The molecule has 0 aliphatic carbocycles. The van der Waals surface area contributed by atoms with Crippen molar-refractivity contribution in [3.05, 3.63) is 59.9 Å². The summed E-state index contributed by atoms with van der Waals surface area (Å²) in [5.41, 5.74) is 1.57. The minimum absolute atomic E-state index is 0.0801. The van der Waals surface area contributed by atoms with Crippen LogP contribution in [0.2, 0.25) is 0 Å². The lowest BCUT2D eigenvalue weighted by Crippen LogP contribution is -2.43. The Labute approximate surface area is 162 Å². The maximum atomic E-state index is 13.9. The normalized spacial score (nSPS) is 17.5. The first-order valence-electron chi connectivity index (χ1n) is 9.35. The number of hydrogen-bond donors (Lipinski definition) is 0. The molecule has 146 valence electrons. The molecule has 0 bridgehead atoms. The van der Waals surface area contributed by atoms with Crippen molar-refractivity contribution >= 4 is 23.4 Å². The van der Waals surface area contributed by atoms with Gasteiger partial charge in [0.1, 0.15) is 12.4 Å². The molecule has 28 heavy (non-hydrogen) atoms. The topological polar surface area (TPSA) is 59.1 Å². The quantitative estimate of drug-likeness (QED) is 0.808. The lowest BCUT2D eigenvalue weighted by Gasteiger charge is -2.34. The zero-order chi connectivity index (χ0) is 19.5. The van der Waals surface area contributed by atoms with Gasteiger partial charge in [0.05, 0.1) is 6.54 Å². The smallest absolute Gasteiger partial charge is 0.414 e. The monoisotopic (exact) mass is 384 g/mol. The van der Waals surface area contributed by atoms with Crippen LogP contribution < -0.4 is 9.80 Å². The van der Waals surface area contributed by atoms with Gasteiger partial charge in [-0.1, -0.05) is 12.1 Å². The summed E-state index contributed by atoms with van der Waals surface area (Å²) in [4.78, 5) is 28.4. The first-order chi connectivity index (χ1) is 13.6. The Morgan fingerprint density at radius 2 is 1.86 bits per heavy atom. The molecule has 0 aromatic heterocycles. The Morgan fingerprint density at radius 3 is 2.57 bits per heavy atom. The van der Waals surface area contributed by atoms with Crippen molar-refractivity contribution in [2.75, 3.05) is 36.2 Å². The van der Waals surface area contributed by atoms with Crippen LogP contribution in [-0.2, 0) is 9.47 Å². The van der Waals surface area contributed by atoms with Gasteiger partial charge >= 0.3 is 6.09 Å². The van der Waals surface area contributed by atoms with E-state index in [0.717, 1.165) is 0 Å². The second-order valence-corrected chi connectivity index (χ2v) is 6.81. The standard InChI is InChI=1S/C21H21FN2O4/c22-16-4-2-6-19(14-16)24(17-7-10-27-11-8-17)20(25)15-3-1-5-18(13-15)23-9-12-28-21(23)26/h1-6,13-14,17H,7-12H2. The molecule has 0 spiro atoms. The predicted molar refractivity (Wildman–Crippen MR) is 102 cm³/mol. The Bertz CT molecular complexity index is 882. The van der Waals surface area contributed by atoms with Gasteiger partial charge in [-0.05, 0) is 49.2 Å².